The lowest BCUT2D eigenvalue weighted by Crippen LogP contribution is -2.24. The van der Waals surface area contributed by atoms with E-state index in [9.17, 15) is 22.8 Å². The number of alkyl halides is 3. The molecule has 0 radical (unpaired) electrons. The molecule has 1 aromatic rings. The van der Waals surface area contributed by atoms with Crippen LogP contribution in [0.25, 0.3) is 6.08 Å². The summed E-state index contributed by atoms with van der Waals surface area (Å²) in [6, 6.07) is 3.08. The molecule has 6 heteroatoms. The zero-order chi connectivity index (χ0) is 12.2. The molecule has 16 heavy (non-hydrogen) atoms. The van der Waals surface area contributed by atoms with Gasteiger partial charge in [0.05, 0.1) is 12.7 Å². The fraction of sp³-hybridized carbons (Fsp3) is 0.200. The van der Waals surface area contributed by atoms with Gasteiger partial charge >= 0.3 is 6.18 Å². The predicted molar refractivity (Wildman–Crippen MR) is 48.4 cm³/mol. The van der Waals surface area contributed by atoms with E-state index in [1.807, 2.05) is 0 Å². The summed E-state index contributed by atoms with van der Waals surface area (Å²) in [4.78, 5) is 21.4. The van der Waals surface area contributed by atoms with E-state index in [1.54, 1.807) is 6.07 Å². The van der Waals surface area contributed by atoms with E-state index >= 15 is 0 Å². The minimum atomic E-state index is -4.96. The summed E-state index contributed by atoms with van der Waals surface area (Å²) in [6.45, 7) is 0. The second-order valence-corrected chi connectivity index (χ2v) is 2.91. The van der Waals surface area contributed by atoms with Crippen molar-refractivity contribution in [3.63, 3.8) is 0 Å². The first kappa shape index (κ1) is 12.2. The van der Waals surface area contributed by atoms with Crippen LogP contribution in [0, 0.1) is 0 Å². The Hall–Kier alpha value is -1.85. The first-order valence-electron chi connectivity index (χ1n) is 4.24. The normalized spacial score (nSPS) is 11.9. The Kier molecular flexibility index (Phi) is 3.65. The second kappa shape index (κ2) is 4.78. The van der Waals surface area contributed by atoms with Crippen LogP contribution in [0.5, 0.6) is 0 Å². The lowest BCUT2D eigenvalue weighted by atomic mass is 10.2. The maximum Gasteiger partial charge on any atom is 0.450 e. The molecular formula is C10H7F3O3. The molecule has 86 valence electrons. The van der Waals surface area contributed by atoms with Gasteiger partial charge in [-0.25, -0.2) is 0 Å². The Balaban J connectivity index is 2.52. The van der Waals surface area contributed by atoms with E-state index in [0.717, 1.165) is 6.08 Å². The summed E-state index contributed by atoms with van der Waals surface area (Å²) >= 11 is 0. The van der Waals surface area contributed by atoms with Gasteiger partial charge in [-0.3, -0.25) is 9.59 Å². The molecule has 0 aromatic carbocycles. The number of hydrogen-bond acceptors (Lipinski definition) is 3. The molecule has 0 saturated carbocycles. The third kappa shape index (κ3) is 3.72. The Morgan fingerprint density at radius 3 is 2.56 bits per heavy atom. The quantitative estimate of drug-likeness (QED) is 0.591. The van der Waals surface area contributed by atoms with Gasteiger partial charge < -0.3 is 4.42 Å². The largest absolute Gasteiger partial charge is 0.465 e. The van der Waals surface area contributed by atoms with Crippen LogP contribution in [0.3, 0.4) is 0 Å². The average molecular weight is 232 g/mol. The number of halogens is 3. The van der Waals surface area contributed by atoms with Crippen LogP contribution >= 0.6 is 0 Å². The highest BCUT2D eigenvalue weighted by atomic mass is 19.4. The van der Waals surface area contributed by atoms with Gasteiger partial charge in [0.2, 0.25) is 5.78 Å². The van der Waals surface area contributed by atoms with E-state index in [2.05, 4.69) is 0 Å². The fourth-order valence-electron chi connectivity index (χ4n) is 0.879. The molecule has 1 heterocycles. The summed E-state index contributed by atoms with van der Waals surface area (Å²) in [6.07, 6.45) is -2.71. The van der Waals surface area contributed by atoms with Crippen molar-refractivity contribution in [3.8, 4) is 0 Å². The van der Waals surface area contributed by atoms with Crippen LogP contribution < -0.4 is 0 Å². The molecule has 1 aromatic heterocycles. The van der Waals surface area contributed by atoms with Gasteiger partial charge in [-0.15, -0.1) is 0 Å². The Labute approximate surface area is 88.5 Å². The number of hydrogen-bond donors (Lipinski definition) is 0. The van der Waals surface area contributed by atoms with Crippen molar-refractivity contribution >= 4 is 17.6 Å². The number of carbonyl (C=O) groups is 2. The van der Waals surface area contributed by atoms with Gasteiger partial charge in [0.25, 0.3) is 0 Å². The van der Waals surface area contributed by atoms with Gasteiger partial charge in [0, 0.05) is 0 Å². The van der Waals surface area contributed by atoms with E-state index in [4.69, 9.17) is 4.42 Å². The van der Waals surface area contributed by atoms with Gasteiger partial charge in [0.1, 0.15) is 5.76 Å². The van der Waals surface area contributed by atoms with Crippen molar-refractivity contribution in [2.24, 2.45) is 0 Å². The average Bonchev–Trinajstić information content (AvgIpc) is 2.65. The van der Waals surface area contributed by atoms with E-state index in [0.29, 0.717) is 5.76 Å². The molecule has 0 bridgehead atoms. The van der Waals surface area contributed by atoms with Crippen molar-refractivity contribution in [2.45, 2.75) is 12.6 Å². The molecular weight excluding hydrogens is 225 g/mol. The molecule has 0 unspecified atom stereocenters. The highest BCUT2D eigenvalue weighted by Gasteiger charge is 2.38. The standard InChI is InChI=1S/C10H7F3O3/c11-10(12,13)9(15)6-7(14)3-4-8-2-1-5-16-8/h1-5H,6H2/b4-3+. The Morgan fingerprint density at radius 1 is 1.38 bits per heavy atom. The van der Waals surface area contributed by atoms with Gasteiger partial charge in [-0.2, -0.15) is 13.2 Å². The summed E-state index contributed by atoms with van der Waals surface area (Å²) in [5.74, 6) is -2.65. The Morgan fingerprint density at radius 2 is 2.06 bits per heavy atom. The molecule has 0 saturated heterocycles. The topological polar surface area (TPSA) is 47.3 Å². The summed E-state index contributed by atoms with van der Waals surface area (Å²) < 4.78 is 40.1. The van der Waals surface area contributed by atoms with Crippen molar-refractivity contribution in [2.75, 3.05) is 0 Å². The van der Waals surface area contributed by atoms with Crippen LogP contribution in [0.4, 0.5) is 13.2 Å². The minimum Gasteiger partial charge on any atom is -0.465 e. The predicted octanol–water partition coefficient (Wildman–Crippen LogP) is 2.38. The number of rotatable bonds is 4. The lowest BCUT2D eigenvalue weighted by Gasteiger charge is -2.01. The number of allylic oxidation sites excluding steroid dienone is 1. The van der Waals surface area contributed by atoms with Crippen LogP contribution in [0.2, 0.25) is 0 Å². The van der Waals surface area contributed by atoms with E-state index in [-0.39, 0.29) is 0 Å². The summed E-state index contributed by atoms with van der Waals surface area (Å²) in [7, 11) is 0. The monoisotopic (exact) mass is 232 g/mol. The highest BCUT2D eigenvalue weighted by Crippen LogP contribution is 2.18. The smallest absolute Gasteiger partial charge is 0.450 e. The molecule has 0 spiro atoms. The van der Waals surface area contributed by atoms with E-state index < -0.39 is 24.2 Å². The van der Waals surface area contributed by atoms with Crippen molar-refractivity contribution in [1.82, 2.24) is 0 Å². The molecule has 0 N–H and O–H groups in total. The van der Waals surface area contributed by atoms with Gasteiger partial charge in [-0.05, 0) is 24.3 Å². The third-order valence-electron chi connectivity index (χ3n) is 1.63. The molecule has 3 nitrogen and oxygen atoms in total. The van der Waals surface area contributed by atoms with Crippen molar-refractivity contribution < 1.29 is 27.2 Å². The molecule has 0 atom stereocenters. The van der Waals surface area contributed by atoms with Crippen LogP contribution in [0.15, 0.2) is 28.9 Å². The fourth-order valence-corrected chi connectivity index (χ4v) is 0.879. The van der Waals surface area contributed by atoms with Crippen LogP contribution in [-0.2, 0) is 9.59 Å². The SMILES string of the molecule is O=C(/C=C/c1ccco1)CC(=O)C(F)(F)F. The summed E-state index contributed by atoms with van der Waals surface area (Å²) in [5.41, 5.74) is 0. The minimum absolute atomic E-state index is 0.327. The van der Waals surface area contributed by atoms with Gasteiger partial charge in [-0.1, -0.05) is 0 Å². The highest BCUT2D eigenvalue weighted by molar-refractivity contribution is 6.07. The third-order valence-corrected chi connectivity index (χ3v) is 1.63. The van der Waals surface area contributed by atoms with Crippen molar-refractivity contribution in [3.05, 3.63) is 30.2 Å². The van der Waals surface area contributed by atoms with Crippen LogP contribution in [0.1, 0.15) is 12.2 Å². The Bertz CT molecular complexity index is 401. The van der Waals surface area contributed by atoms with Crippen molar-refractivity contribution in [1.29, 1.82) is 0 Å². The molecule has 0 aliphatic rings. The molecule has 1 rings (SSSR count). The molecule has 0 aliphatic carbocycles. The number of furan rings is 1. The van der Waals surface area contributed by atoms with Gasteiger partial charge in [0.15, 0.2) is 5.78 Å². The van der Waals surface area contributed by atoms with E-state index in [1.165, 1.54) is 18.4 Å². The zero-order valence-electron chi connectivity index (χ0n) is 7.95. The number of carbonyl (C=O) groups excluding carboxylic acids is 2. The second-order valence-electron chi connectivity index (χ2n) is 2.91. The number of Topliss-reactive ketones (excluding diaryl/α,β-unsaturated/α-hetero) is 1. The molecule has 0 fully saturated rings. The summed E-state index contributed by atoms with van der Waals surface area (Å²) in [5, 5.41) is 0. The first-order valence-corrected chi connectivity index (χ1v) is 4.24. The molecule has 0 aliphatic heterocycles. The zero-order valence-corrected chi connectivity index (χ0v) is 7.95. The maximum absolute atomic E-state index is 11.8. The lowest BCUT2D eigenvalue weighted by molar-refractivity contribution is -0.171. The molecule has 0 amide bonds. The first-order chi connectivity index (χ1) is 7.39. The number of ketones is 2. The maximum atomic E-state index is 11.8. The van der Waals surface area contributed by atoms with Crippen LogP contribution in [-0.4, -0.2) is 17.7 Å².